The Kier molecular flexibility index (Phi) is 5.15. The van der Waals surface area contributed by atoms with Crippen LogP contribution in [0, 0.1) is 0 Å². The van der Waals surface area contributed by atoms with Gasteiger partial charge in [-0.05, 0) is 36.8 Å². The van der Waals surface area contributed by atoms with Crippen molar-refractivity contribution in [2.45, 2.75) is 13.3 Å². The van der Waals surface area contributed by atoms with E-state index < -0.39 is 0 Å². The van der Waals surface area contributed by atoms with Gasteiger partial charge in [0.2, 0.25) is 0 Å². The molecule has 0 atom stereocenters. The molecule has 4 aromatic heterocycles. The number of aliphatic imine (C=N–C) groups is 1. The third-order valence-corrected chi connectivity index (χ3v) is 4.08. The monoisotopic (exact) mass is 367 g/mol. The fourth-order valence-corrected chi connectivity index (χ4v) is 2.72. The lowest BCUT2D eigenvalue weighted by molar-refractivity contribution is 1.03. The molecule has 4 heterocycles. The van der Waals surface area contributed by atoms with Crippen molar-refractivity contribution in [3.05, 3.63) is 79.3 Å². The number of hydrogen-bond donors (Lipinski definition) is 0. The second-order valence-corrected chi connectivity index (χ2v) is 6.20. The Labute approximate surface area is 162 Å². The van der Waals surface area contributed by atoms with Gasteiger partial charge < -0.3 is 0 Å². The molecule has 4 aromatic rings. The molecule has 0 saturated carbocycles. The van der Waals surface area contributed by atoms with Gasteiger partial charge in [0.25, 0.3) is 0 Å². The summed E-state index contributed by atoms with van der Waals surface area (Å²) in [5.74, 6) is 0.664. The van der Waals surface area contributed by atoms with Crippen molar-refractivity contribution in [2.75, 3.05) is 0 Å². The van der Waals surface area contributed by atoms with Gasteiger partial charge in [0.15, 0.2) is 5.82 Å². The zero-order valence-corrected chi connectivity index (χ0v) is 15.3. The molecular weight excluding hydrogens is 350 g/mol. The summed E-state index contributed by atoms with van der Waals surface area (Å²) in [7, 11) is 0. The van der Waals surface area contributed by atoms with Crippen LogP contribution in [0.1, 0.15) is 12.5 Å². The van der Waals surface area contributed by atoms with Gasteiger partial charge in [-0.3, -0.25) is 15.0 Å². The van der Waals surface area contributed by atoms with E-state index in [1.165, 1.54) is 0 Å². The predicted molar refractivity (Wildman–Crippen MR) is 107 cm³/mol. The number of nitrogens with zero attached hydrogens (tertiary/aromatic N) is 7. The Morgan fingerprint density at radius 1 is 0.750 bits per heavy atom. The molecule has 4 rings (SSSR count). The highest BCUT2D eigenvalue weighted by Gasteiger charge is 2.03. The highest BCUT2D eigenvalue weighted by Crippen LogP contribution is 2.18. The summed E-state index contributed by atoms with van der Waals surface area (Å²) < 4.78 is 0. The molecule has 7 nitrogen and oxygen atoms in total. The standard InChI is InChI=1S/C21H17N7/c1-15(10-16-2-4-19(24-11-16)18-6-7-26-27-13-18)28-21-5-3-17(12-25-21)20-14-22-8-9-23-20/h2-9,11-14H,10H2,1H3. The molecule has 7 heteroatoms. The molecule has 0 unspecified atom stereocenters. The van der Waals surface area contributed by atoms with Crippen LogP contribution in [0.5, 0.6) is 0 Å². The minimum absolute atomic E-state index is 0.664. The molecule has 0 saturated heterocycles. The van der Waals surface area contributed by atoms with Gasteiger partial charge in [0.05, 0.1) is 30.0 Å². The van der Waals surface area contributed by atoms with E-state index in [1.807, 2.05) is 43.5 Å². The van der Waals surface area contributed by atoms with E-state index in [2.05, 4.69) is 35.1 Å². The second kappa shape index (κ2) is 8.22. The van der Waals surface area contributed by atoms with Crippen molar-refractivity contribution in [1.82, 2.24) is 30.1 Å². The van der Waals surface area contributed by atoms with Crippen LogP contribution < -0.4 is 0 Å². The Morgan fingerprint density at radius 3 is 2.36 bits per heavy atom. The topological polar surface area (TPSA) is 89.7 Å². The molecule has 28 heavy (non-hydrogen) atoms. The summed E-state index contributed by atoms with van der Waals surface area (Å²) in [6, 6.07) is 9.74. The molecule has 136 valence electrons. The van der Waals surface area contributed by atoms with Crippen molar-refractivity contribution in [3.63, 3.8) is 0 Å². The Balaban J connectivity index is 1.44. The van der Waals surface area contributed by atoms with Crippen LogP contribution in [-0.4, -0.2) is 35.8 Å². The first kappa shape index (κ1) is 17.5. The molecule has 0 fully saturated rings. The van der Waals surface area contributed by atoms with Crippen molar-refractivity contribution < 1.29 is 0 Å². The maximum absolute atomic E-state index is 4.59. The Hall–Kier alpha value is -3.87. The Bertz CT molecular complexity index is 1060. The molecule has 0 aliphatic heterocycles. The van der Waals surface area contributed by atoms with Crippen LogP contribution in [0.15, 0.2) is 78.7 Å². The number of aromatic nitrogens is 6. The van der Waals surface area contributed by atoms with Crippen molar-refractivity contribution in [2.24, 2.45) is 4.99 Å². The van der Waals surface area contributed by atoms with Gasteiger partial charge in [-0.1, -0.05) is 6.07 Å². The molecule has 0 amide bonds. The summed E-state index contributed by atoms with van der Waals surface area (Å²) >= 11 is 0. The van der Waals surface area contributed by atoms with E-state index in [1.54, 1.807) is 37.2 Å². The molecule has 0 radical (unpaired) electrons. The van der Waals surface area contributed by atoms with Gasteiger partial charge in [0, 0.05) is 48.0 Å². The fourth-order valence-electron chi connectivity index (χ4n) is 2.72. The number of hydrogen-bond acceptors (Lipinski definition) is 7. The quantitative estimate of drug-likeness (QED) is 0.499. The van der Waals surface area contributed by atoms with Crippen LogP contribution in [-0.2, 0) is 6.42 Å². The highest BCUT2D eigenvalue weighted by atomic mass is 15.1. The lowest BCUT2D eigenvalue weighted by Crippen LogP contribution is -1.98. The first-order chi connectivity index (χ1) is 13.8. The normalized spacial score (nSPS) is 11.4. The molecular formula is C21H17N7. The van der Waals surface area contributed by atoms with Crippen molar-refractivity contribution >= 4 is 11.5 Å². The lowest BCUT2D eigenvalue weighted by Gasteiger charge is -2.04. The smallest absolute Gasteiger partial charge is 0.151 e. The zero-order chi connectivity index (χ0) is 19.2. The Morgan fingerprint density at radius 2 is 1.68 bits per heavy atom. The maximum Gasteiger partial charge on any atom is 0.151 e. The van der Waals surface area contributed by atoms with E-state index in [4.69, 9.17) is 0 Å². The van der Waals surface area contributed by atoms with Crippen LogP contribution >= 0.6 is 0 Å². The number of pyridine rings is 2. The van der Waals surface area contributed by atoms with Gasteiger partial charge >= 0.3 is 0 Å². The van der Waals surface area contributed by atoms with Crippen LogP contribution in [0.2, 0.25) is 0 Å². The lowest BCUT2D eigenvalue weighted by atomic mass is 10.1. The van der Waals surface area contributed by atoms with Gasteiger partial charge in [-0.15, -0.1) is 0 Å². The van der Waals surface area contributed by atoms with Gasteiger partial charge in [-0.25, -0.2) is 9.98 Å². The minimum atomic E-state index is 0.664. The molecule has 0 aromatic carbocycles. The van der Waals surface area contributed by atoms with Crippen LogP contribution in [0.25, 0.3) is 22.5 Å². The largest absolute Gasteiger partial charge is 0.261 e. The summed E-state index contributed by atoms with van der Waals surface area (Å²) in [6.07, 6.45) is 12.7. The summed E-state index contributed by atoms with van der Waals surface area (Å²) in [4.78, 5) is 21.8. The predicted octanol–water partition coefficient (Wildman–Crippen LogP) is 3.73. The van der Waals surface area contributed by atoms with Crippen LogP contribution in [0.3, 0.4) is 0 Å². The van der Waals surface area contributed by atoms with E-state index in [9.17, 15) is 0 Å². The van der Waals surface area contributed by atoms with E-state index in [0.717, 1.165) is 33.8 Å². The third kappa shape index (κ3) is 4.27. The van der Waals surface area contributed by atoms with E-state index in [0.29, 0.717) is 12.2 Å². The summed E-state index contributed by atoms with van der Waals surface area (Å²) in [5, 5.41) is 7.67. The fraction of sp³-hybridized carbons (Fsp3) is 0.0952. The highest BCUT2D eigenvalue weighted by molar-refractivity contribution is 5.86. The van der Waals surface area contributed by atoms with Gasteiger partial charge in [-0.2, -0.15) is 10.2 Å². The number of rotatable bonds is 5. The third-order valence-electron chi connectivity index (χ3n) is 4.08. The first-order valence-corrected chi connectivity index (χ1v) is 8.76. The van der Waals surface area contributed by atoms with E-state index in [-0.39, 0.29) is 0 Å². The zero-order valence-electron chi connectivity index (χ0n) is 15.3. The van der Waals surface area contributed by atoms with Gasteiger partial charge in [0.1, 0.15) is 0 Å². The molecule has 0 bridgehead atoms. The molecule has 0 aliphatic carbocycles. The van der Waals surface area contributed by atoms with E-state index >= 15 is 0 Å². The summed E-state index contributed by atoms with van der Waals surface area (Å²) in [6.45, 7) is 1.99. The SMILES string of the molecule is CC(Cc1ccc(-c2ccnnc2)nc1)=Nc1ccc(-c2cnccn2)cn1. The maximum atomic E-state index is 4.59. The van der Waals surface area contributed by atoms with Crippen molar-refractivity contribution in [3.8, 4) is 22.5 Å². The average molecular weight is 367 g/mol. The van der Waals surface area contributed by atoms with Crippen molar-refractivity contribution in [1.29, 1.82) is 0 Å². The molecule has 0 spiro atoms. The molecule has 0 aliphatic rings. The minimum Gasteiger partial charge on any atom is -0.261 e. The van der Waals surface area contributed by atoms with Crippen LogP contribution in [0.4, 0.5) is 5.82 Å². The molecule has 0 N–H and O–H groups in total. The first-order valence-electron chi connectivity index (χ1n) is 8.76. The average Bonchev–Trinajstić information content (AvgIpc) is 2.76. The second-order valence-electron chi connectivity index (χ2n) is 6.20. The summed E-state index contributed by atoms with van der Waals surface area (Å²) in [5.41, 5.74) is 5.56.